The van der Waals surface area contributed by atoms with Crippen LogP contribution in [0.15, 0.2) is 66.7 Å². The molecule has 1 atom stereocenters. The number of hydrogen-bond acceptors (Lipinski definition) is 3. The summed E-state index contributed by atoms with van der Waals surface area (Å²) in [6.07, 6.45) is 2.08. The van der Waals surface area contributed by atoms with Crippen LogP contribution < -0.4 is 15.4 Å². The van der Waals surface area contributed by atoms with Gasteiger partial charge in [0.2, 0.25) is 0 Å². The molecule has 0 spiro atoms. The van der Waals surface area contributed by atoms with E-state index < -0.39 is 29.1 Å². The highest BCUT2D eigenvalue weighted by atomic mass is 35.5. The Morgan fingerprint density at radius 2 is 1.56 bits per heavy atom. The number of imide groups is 1. The average molecular weight is 457 g/mol. The predicted octanol–water partition coefficient (Wildman–Crippen LogP) is 6.11. The van der Waals surface area contributed by atoms with Crippen molar-refractivity contribution in [1.29, 1.82) is 0 Å². The van der Waals surface area contributed by atoms with Crippen molar-refractivity contribution in [3.63, 3.8) is 0 Å². The quantitative estimate of drug-likeness (QED) is 0.470. The van der Waals surface area contributed by atoms with Crippen LogP contribution in [0.1, 0.15) is 34.9 Å². The van der Waals surface area contributed by atoms with Gasteiger partial charge in [-0.3, -0.25) is 10.1 Å². The highest BCUT2D eigenvalue weighted by Crippen LogP contribution is 2.43. The fourth-order valence-corrected chi connectivity index (χ4v) is 3.42. The van der Waals surface area contributed by atoms with Gasteiger partial charge in [-0.2, -0.15) is 0 Å². The second-order valence-corrected chi connectivity index (χ2v) is 7.89. The van der Waals surface area contributed by atoms with E-state index in [1.165, 1.54) is 0 Å². The molecule has 1 aliphatic carbocycles. The standard InChI is InChI=1S/C24H19ClF2N2O3/c25-16-8-6-15(7-9-16)22(14-4-5-14)32-18-12-10-17(11-13-18)28-24(31)29-23(30)21-19(26)2-1-3-20(21)27/h1-3,6-14,22H,4-5H2,(H2,28,29,30,31). The molecular weight excluding hydrogens is 438 g/mol. The molecule has 0 heterocycles. The molecule has 4 rings (SSSR count). The zero-order chi connectivity index (χ0) is 22.7. The summed E-state index contributed by atoms with van der Waals surface area (Å²) in [6.45, 7) is 0. The number of nitrogens with one attached hydrogen (secondary N) is 2. The van der Waals surface area contributed by atoms with E-state index in [0.717, 1.165) is 36.6 Å². The summed E-state index contributed by atoms with van der Waals surface area (Å²) in [7, 11) is 0. The van der Waals surface area contributed by atoms with Crippen LogP contribution in [0, 0.1) is 17.6 Å². The van der Waals surface area contributed by atoms with Gasteiger partial charge < -0.3 is 10.1 Å². The van der Waals surface area contributed by atoms with Crippen LogP contribution in [0.25, 0.3) is 0 Å². The second-order valence-electron chi connectivity index (χ2n) is 7.46. The smallest absolute Gasteiger partial charge is 0.326 e. The Hall–Kier alpha value is -3.45. The molecule has 3 aromatic carbocycles. The largest absolute Gasteiger partial charge is 0.485 e. The maximum atomic E-state index is 13.7. The van der Waals surface area contributed by atoms with Crippen LogP contribution in [0.5, 0.6) is 5.75 Å². The third kappa shape index (κ3) is 5.23. The molecule has 1 unspecified atom stereocenters. The molecule has 1 aliphatic rings. The van der Waals surface area contributed by atoms with Crippen molar-refractivity contribution in [2.75, 3.05) is 5.32 Å². The summed E-state index contributed by atoms with van der Waals surface area (Å²) < 4.78 is 33.5. The van der Waals surface area contributed by atoms with Gasteiger partial charge in [-0.05, 0) is 66.9 Å². The zero-order valence-electron chi connectivity index (χ0n) is 16.8. The number of rotatable bonds is 6. The highest BCUT2D eigenvalue weighted by Gasteiger charge is 2.34. The Morgan fingerprint density at radius 1 is 0.938 bits per heavy atom. The van der Waals surface area contributed by atoms with Crippen molar-refractivity contribution < 1.29 is 23.1 Å². The van der Waals surface area contributed by atoms with Gasteiger partial charge in [-0.1, -0.05) is 29.8 Å². The maximum Gasteiger partial charge on any atom is 0.326 e. The number of amides is 3. The minimum Gasteiger partial charge on any atom is -0.485 e. The topological polar surface area (TPSA) is 67.4 Å². The summed E-state index contributed by atoms with van der Waals surface area (Å²) >= 11 is 5.97. The van der Waals surface area contributed by atoms with E-state index in [2.05, 4.69) is 5.32 Å². The summed E-state index contributed by atoms with van der Waals surface area (Å²) in [5.74, 6) is -2.23. The van der Waals surface area contributed by atoms with E-state index >= 15 is 0 Å². The molecule has 8 heteroatoms. The molecule has 164 valence electrons. The molecule has 0 bridgehead atoms. The Kier molecular flexibility index (Phi) is 6.37. The van der Waals surface area contributed by atoms with Crippen molar-refractivity contribution in [3.8, 4) is 5.75 Å². The Labute approximate surface area is 188 Å². The fraction of sp³-hybridized carbons (Fsp3) is 0.167. The molecule has 3 aromatic rings. The zero-order valence-corrected chi connectivity index (χ0v) is 17.5. The monoisotopic (exact) mass is 456 g/mol. The van der Waals surface area contributed by atoms with E-state index in [9.17, 15) is 18.4 Å². The molecule has 32 heavy (non-hydrogen) atoms. The number of halogens is 3. The predicted molar refractivity (Wildman–Crippen MR) is 117 cm³/mol. The summed E-state index contributed by atoms with van der Waals surface area (Å²) in [5, 5.41) is 5.02. The lowest BCUT2D eigenvalue weighted by molar-refractivity contribution is 0.0959. The molecule has 3 amide bonds. The summed E-state index contributed by atoms with van der Waals surface area (Å²) in [6, 6.07) is 16.2. The molecule has 5 nitrogen and oxygen atoms in total. The Bertz CT molecular complexity index is 1110. The lowest BCUT2D eigenvalue weighted by atomic mass is 10.1. The molecule has 0 saturated heterocycles. The van der Waals surface area contributed by atoms with Gasteiger partial charge in [0.15, 0.2) is 0 Å². The molecule has 0 radical (unpaired) electrons. The van der Waals surface area contributed by atoms with Gasteiger partial charge in [-0.25, -0.2) is 13.6 Å². The first kappa shape index (κ1) is 21.8. The molecule has 0 aliphatic heterocycles. The summed E-state index contributed by atoms with van der Waals surface area (Å²) in [5.41, 5.74) is 0.600. The van der Waals surface area contributed by atoms with Gasteiger partial charge in [0.05, 0.1) is 0 Å². The number of ether oxygens (including phenoxy) is 1. The van der Waals surface area contributed by atoms with Crippen LogP contribution in [-0.4, -0.2) is 11.9 Å². The van der Waals surface area contributed by atoms with Crippen LogP contribution in [0.4, 0.5) is 19.3 Å². The summed E-state index contributed by atoms with van der Waals surface area (Å²) in [4.78, 5) is 24.1. The maximum absolute atomic E-state index is 13.7. The van der Waals surface area contributed by atoms with E-state index in [-0.39, 0.29) is 6.10 Å². The number of carbonyl (C=O) groups is 2. The fourth-order valence-electron chi connectivity index (χ4n) is 3.29. The van der Waals surface area contributed by atoms with E-state index in [0.29, 0.717) is 22.4 Å². The van der Waals surface area contributed by atoms with E-state index in [1.807, 2.05) is 29.6 Å². The number of carbonyl (C=O) groups excluding carboxylic acids is 2. The average Bonchev–Trinajstić information content (AvgIpc) is 3.59. The van der Waals surface area contributed by atoms with Crippen LogP contribution in [-0.2, 0) is 0 Å². The SMILES string of the molecule is O=C(NC(=O)c1c(F)cccc1F)Nc1ccc(OC(c2ccc(Cl)cc2)C2CC2)cc1. The minimum atomic E-state index is -1.17. The first-order chi connectivity index (χ1) is 15.4. The first-order valence-electron chi connectivity index (χ1n) is 9.99. The van der Waals surface area contributed by atoms with Gasteiger partial charge in [0.25, 0.3) is 5.91 Å². The van der Waals surface area contributed by atoms with Crippen molar-refractivity contribution in [3.05, 3.63) is 94.5 Å². The third-order valence-corrected chi connectivity index (χ3v) is 5.29. The number of benzene rings is 3. The third-order valence-electron chi connectivity index (χ3n) is 5.04. The van der Waals surface area contributed by atoms with Crippen LogP contribution >= 0.6 is 11.6 Å². The normalized spacial score (nSPS) is 13.8. The van der Waals surface area contributed by atoms with Gasteiger partial charge in [-0.15, -0.1) is 0 Å². The second kappa shape index (κ2) is 9.36. The van der Waals surface area contributed by atoms with E-state index in [1.54, 1.807) is 24.3 Å². The lowest BCUT2D eigenvalue weighted by Crippen LogP contribution is -2.35. The van der Waals surface area contributed by atoms with Crippen LogP contribution in [0.2, 0.25) is 5.02 Å². The van der Waals surface area contributed by atoms with Crippen molar-refractivity contribution in [2.24, 2.45) is 5.92 Å². The molecule has 1 saturated carbocycles. The first-order valence-corrected chi connectivity index (χ1v) is 10.4. The molecule has 0 aromatic heterocycles. The van der Waals surface area contributed by atoms with Crippen molar-refractivity contribution >= 4 is 29.2 Å². The Balaban J connectivity index is 1.37. The van der Waals surface area contributed by atoms with Gasteiger partial charge >= 0.3 is 6.03 Å². The number of hydrogen-bond donors (Lipinski definition) is 2. The minimum absolute atomic E-state index is 0.0948. The molecule has 1 fully saturated rings. The van der Waals surface area contributed by atoms with Gasteiger partial charge in [0.1, 0.15) is 29.1 Å². The molecular formula is C24H19ClF2N2O3. The van der Waals surface area contributed by atoms with E-state index in [4.69, 9.17) is 16.3 Å². The molecule has 2 N–H and O–H groups in total. The van der Waals surface area contributed by atoms with Crippen LogP contribution in [0.3, 0.4) is 0 Å². The Morgan fingerprint density at radius 3 is 2.16 bits per heavy atom. The van der Waals surface area contributed by atoms with Crippen molar-refractivity contribution in [2.45, 2.75) is 18.9 Å². The van der Waals surface area contributed by atoms with Crippen molar-refractivity contribution in [1.82, 2.24) is 5.32 Å². The number of urea groups is 1. The van der Waals surface area contributed by atoms with Gasteiger partial charge in [0, 0.05) is 16.6 Å². The lowest BCUT2D eigenvalue weighted by Gasteiger charge is -2.19. The highest BCUT2D eigenvalue weighted by molar-refractivity contribution is 6.30. The number of anilines is 1.